The second-order valence-corrected chi connectivity index (χ2v) is 5.61. The Morgan fingerprint density at radius 2 is 2.00 bits per heavy atom. The molecular weight excluding hydrogens is 254 g/mol. The molecule has 2 rings (SSSR count). The van der Waals surface area contributed by atoms with Crippen LogP contribution >= 0.6 is 0 Å². The number of nitrogens with one attached hydrogen (secondary N) is 1. The lowest BCUT2D eigenvalue weighted by molar-refractivity contribution is -0.122. The molecular formula is C16H23NO3. The van der Waals surface area contributed by atoms with Crippen LogP contribution in [-0.2, 0) is 4.79 Å². The van der Waals surface area contributed by atoms with E-state index in [0.29, 0.717) is 25.5 Å². The summed E-state index contributed by atoms with van der Waals surface area (Å²) in [6.07, 6.45) is 1.81. The van der Waals surface area contributed by atoms with Crippen LogP contribution in [0.4, 0.5) is 0 Å². The molecule has 0 unspecified atom stereocenters. The van der Waals surface area contributed by atoms with Crippen LogP contribution in [0.15, 0.2) is 18.2 Å². The molecule has 4 heteroatoms. The summed E-state index contributed by atoms with van der Waals surface area (Å²) in [7, 11) is 0. The number of ether oxygens (including phenoxy) is 1. The Balaban J connectivity index is 1.66. The number of para-hydroxylation sites is 1. The van der Waals surface area contributed by atoms with E-state index < -0.39 is 0 Å². The van der Waals surface area contributed by atoms with Gasteiger partial charge in [-0.1, -0.05) is 18.2 Å². The molecule has 0 aliphatic heterocycles. The Morgan fingerprint density at radius 3 is 2.60 bits per heavy atom. The quantitative estimate of drug-likeness (QED) is 0.835. The van der Waals surface area contributed by atoms with E-state index in [-0.39, 0.29) is 12.0 Å². The van der Waals surface area contributed by atoms with Gasteiger partial charge in [0.15, 0.2) is 0 Å². The van der Waals surface area contributed by atoms with E-state index in [4.69, 9.17) is 4.74 Å². The van der Waals surface area contributed by atoms with Gasteiger partial charge in [0.25, 0.3) is 0 Å². The van der Waals surface area contributed by atoms with E-state index in [2.05, 4.69) is 5.32 Å². The highest BCUT2D eigenvalue weighted by atomic mass is 16.5. The number of aliphatic hydroxyl groups excluding tert-OH is 1. The molecule has 0 atom stereocenters. The largest absolute Gasteiger partial charge is 0.493 e. The summed E-state index contributed by atoms with van der Waals surface area (Å²) in [6.45, 7) is 5.07. The lowest BCUT2D eigenvalue weighted by atomic mass is 9.82. The zero-order valence-corrected chi connectivity index (χ0v) is 12.2. The maximum absolute atomic E-state index is 11.7. The van der Waals surface area contributed by atoms with E-state index >= 15 is 0 Å². The number of carbonyl (C=O) groups is 1. The smallest absolute Gasteiger partial charge is 0.223 e. The van der Waals surface area contributed by atoms with Crippen molar-refractivity contribution in [1.82, 2.24) is 5.32 Å². The molecule has 0 bridgehead atoms. The number of benzene rings is 1. The molecule has 4 nitrogen and oxygen atoms in total. The SMILES string of the molecule is Cc1cccc(C)c1OCCC(=O)NCC1CC(O)C1. The van der Waals surface area contributed by atoms with Crippen molar-refractivity contribution >= 4 is 5.91 Å². The fourth-order valence-electron chi connectivity index (χ4n) is 2.49. The highest BCUT2D eigenvalue weighted by molar-refractivity contribution is 5.76. The first-order chi connectivity index (χ1) is 9.56. The van der Waals surface area contributed by atoms with Crippen molar-refractivity contribution in [2.24, 2.45) is 5.92 Å². The van der Waals surface area contributed by atoms with Crippen LogP contribution in [0.5, 0.6) is 5.75 Å². The number of aryl methyl sites for hydroxylation is 2. The summed E-state index contributed by atoms with van der Waals surface area (Å²) in [5.74, 6) is 1.33. The monoisotopic (exact) mass is 277 g/mol. The third-order valence-electron chi connectivity index (χ3n) is 3.78. The molecule has 0 heterocycles. The second-order valence-electron chi connectivity index (χ2n) is 5.61. The van der Waals surface area contributed by atoms with E-state index in [0.717, 1.165) is 29.7 Å². The predicted molar refractivity (Wildman–Crippen MR) is 77.8 cm³/mol. The van der Waals surface area contributed by atoms with Crippen LogP contribution in [0.3, 0.4) is 0 Å². The summed E-state index contributed by atoms with van der Waals surface area (Å²) in [5, 5.41) is 12.1. The molecule has 1 aliphatic rings. The maximum Gasteiger partial charge on any atom is 0.223 e. The highest BCUT2D eigenvalue weighted by Gasteiger charge is 2.26. The summed E-state index contributed by atoms with van der Waals surface area (Å²) >= 11 is 0. The number of amides is 1. The third kappa shape index (κ3) is 3.97. The van der Waals surface area contributed by atoms with Gasteiger partial charge in [-0.3, -0.25) is 4.79 Å². The molecule has 2 N–H and O–H groups in total. The summed E-state index contributed by atoms with van der Waals surface area (Å²) in [5.41, 5.74) is 2.18. The molecule has 1 aliphatic carbocycles. The molecule has 0 aromatic heterocycles. The van der Waals surface area contributed by atoms with Gasteiger partial charge < -0.3 is 15.2 Å². The van der Waals surface area contributed by atoms with Crippen LogP contribution in [0, 0.1) is 19.8 Å². The minimum absolute atomic E-state index is 0.0117. The summed E-state index contributed by atoms with van der Waals surface area (Å²) in [4.78, 5) is 11.7. The van der Waals surface area contributed by atoms with Crippen molar-refractivity contribution in [3.05, 3.63) is 29.3 Å². The van der Waals surface area contributed by atoms with Crippen molar-refractivity contribution < 1.29 is 14.6 Å². The standard InChI is InChI=1S/C16H23NO3/c1-11-4-3-5-12(2)16(11)20-7-6-15(19)17-10-13-8-14(18)9-13/h3-5,13-14,18H,6-10H2,1-2H3,(H,17,19). The van der Waals surface area contributed by atoms with Crippen LogP contribution in [0.1, 0.15) is 30.4 Å². The third-order valence-corrected chi connectivity index (χ3v) is 3.78. The Morgan fingerprint density at radius 1 is 1.35 bits per heavy atom. The first-order valence-electron chi connectivity index (χ1n) is 7.20. The van der Waals surface area contributed by atoms with Crippen molar-refractivity contribution in [1.29, 1.82) is 0 Å². The zero-order valence-electron chi connectivity index (χ0n) is 12.2. The minimum Gasteiger partial charge on any atom is -0.493 e. The number of hydrogen-bond acceptors (Lipinski definition) is 3. The average molecular weight is 277 g/mol. The molecule has 1 aromatic carbocycles. The zero-order chi connectivity index (χ0) is 14.5. The fraction of sp³-hybridized carbons (Fsp3) is 0.562. The average Bonchev–Trinajstić information content (AvgIpc) is 2.37. The first-order valence-corrected chi connectivity index (χ1v) is 7.20. The fourth-order valence-corrected chi connectivity index (χ4v) is 2.49. The first kappa shape index (κ1) is 14.9. The molecule has 1 saturated carbocycles. The second kappa shape index (κ2) is 6.75. The Kier molecular flexibility index (Phi) is 5.01. The van der Waals surface area contributed by atoms with Gasteiger partial charge in [0.1, 0.15) is 5.75 Å². The van der Waals surface area contributed by atoms with Gasteiger partial charge in [0, 0.05) is 6.54 Å². The topological polar surface area (TPSA) is 58.6 Å². The van der Waals surface area contributed by atoms with Crippen molar-refractivity contribution in [2.75, 3.05) is 13.2 Å². The van der Waals surface area contributed by atoms with Crippen LogP contribution in [-0.4, -0.2) is 30.3 Å². The van der Waals surface area contributed by atoms with Crippen molar-refractivity contribution in [2.45, 2.75) is 39.2 Å². The number of aliphatic hydroxyl groups is 1. The van der Waals surface area contributed by atoms with Gasteiger partial charge in [-0.25, -0.2) is 0 Å². The summed E-state index contributed by atoms with van der Waals surface area (Å²) < 4.78 is 5.70. The van der Waals surface area contributed by atoms with Crippen LogP contribution in [0.2, 0.25) is 0 Å². The molecule has 1 amide bonds. The van der Waals surface area contributed by atoms with E-state index in [9.17, 15) is 9.90 Å². The van der Waals surface area contributed by atoms with Crippen LogP contribution < -0.4 is 10.1 Å². The Bertz CT molecular complexity index is 447. The normalized spacial score (nSPS) is 21.1. The molecule has 0 radical (unpaired) electrons. The maximum atomic E-state index is 11.7. The van der Waals surface area contributed by atoms with Gasteiger partial charge in [-0.2, -0.15) is 0 Å². The lowest BCUT2D eigenvalue weighted by Crippen LogP contribution is -2.38. The van der Waals surface area contributed by atoms with Crippen molar-refractivity contribution in [3.8, 4) is 5.75 Å². The van der Waals surface area contributed by atoms with Crippen LogP contribution in [0.25, 0.3) is 0 Å². The van der Waals surface area contributed by atoms with Gasteiger partial charge >= 0.3 is 0 Å². The number of hydrogen-bond donors (Lipinski definition) is 2. The van der Waals surface area contributed by atoms with E-state index in [1.54, 1.807) is 0 Å². The lowest BCUT2D eigenvalue weighted by Gasteiger charge is -2.31. The van der Waals surface area contributed by atoms with Gasteiger partial charge in [0.2, 0.25) is 5.91 Å². The minimum atomic E-state index is -0.163. The Hall–Kier alpha value is -1.55. The Labute approximate surface area is 120 Å². The number of rotatable bonds is 6. The van der Waals surface area contributed by atoms with Gasteiger partial charge in [-0.05, 0) is 43.7 Å². The molecule has 110 valence electrons. The molecule has 0 saturated heterocycles. The summed E-state index contributed by atoms with van der Waals surface area (Å²) in [6, 6.07) is 6.01. The number of carbonyl (C=O) groups excluding carboxylic acids is 1. The van der Waals surface area contributed by atoms with Gasteiger partial charge in [-0.15, -0.1) is 0 Å². The predicted octanol–water partition coefficient (Wildman–Crippen LogP) is 1.96. The van der Waals surface area contributed by atoms with E-state index in [1.165, 1.54) is 0 Å². The van der Waals surface area contributed by atoms with Gasteiger partial charge in [0.05, 0.1) is 19.1 Å². The highest BCUT2D eigenvalue weighted by Crippen LogP contribution is 2.26. The molecule has 0 spiro atoms. The molecule has 1 fully saturated rings. The van der Waals surface area contributed by atoms with Crippen molar-refractivity contribution in [3.63, 3.8) is 0 Å². The molecule has 20 heavy (non-hydrogen) atoms. The molecule has 1 aromatic rings. The van der Waals surface area contributed by atoms with E-state index in [1.807, 2.05) is 32.0 Å².